The third-order valence-electron chi connectivity index (χ3n) is 3.40. The first kappa shape index (κ1) is 12.8. The predicted molar refractivity (Wildman–Crippen MR) is 69.8 cm³/mol. The lowest BCUT2D eigenvalue weighted by atomic mass is 9.88. The highest BCUT2D eigenvalue weighted by atomic mass is 35.5. The van der Waals surface area contributed by atoms with E-state index in [4.69, 9.17) is 22.2 Å². The van der Waals surface area contributed by atoms with Crippen molar-refractivity contribution in [1.29, 1.82) is 0 Å². The number of ether oxygens (including phenoxy) is 1. The fraction of sp³-hybridized carbons (Fsp3) is 0.538. The molecule has 0 aliphatic carbocycles. The highest BCUT2D eigenvalue weighted by Crippen LogP contribution is 2.33. The molecule has 0 amide bonds. The second-order valence-corrected chi connectivity index (χ2v) is 4.98. The molecule has 2 unspecified atom stereocenters. The van der Waals surface area contributed by atoms with Crippen LogP contribution >= 0.6 is 11.6 Å². The Morgan fingerprint density at radius 3 is 3.00 bits per heavy atom. The van der Waals surface area contributed by atoms with Crippen LogP contribution in [0.15, 0.2) is 18.2 Å². The van der Waals surface area contributed by atoms with E-state index in [1.165, 1.54) is 0 Å². The van der Waals surface area contributed by atoms with Crippen molar-refractivity contribution >= 4 is 11.6 Å². The number of nitrogens with one attached hydrogen (secondary N) is 1. The number of hydrogen-bond donors (Lipinski definition) is 2. The first-order valence-electron chi connectivity index (χ1n) is 6.03. The average Bonchev–Trinajstić information content (AvgIpc) is 2.37. The van der Waals surface area contributed by atoms with E-state index in [-0.39, 0.29) is 6.04 Å². The Balaban J connectivity index is 2.24. The summed E-state index contributed by atoms with van der Waals surface area (Å²) in [5.41, 5.74) is 5.05. The van der Waals surface area contributed by atoms with E-state index >= 15 is 0 Å². The molecule has 3 nitrogen and oxygen atoms in total. The molecule has 1 aromatic rings. The zero-order chi connectivity index (χ0) is 12.3. The van der Waals surface area contributed by atoms with Gasteiger partial charge in [0.15, 0.2) is 0 Å². The van der Waals surface area contributed by atoms with Crippen LogP contribution in [0.25, 0.3) is 0 Å². The number of rotatable bonds is 3. The van der Waals surface area contributed by atoms with Crippen LogP contribution in [-0.2, 0) is 4.74 Å². The van der Waals surface area contributed by atoms with Crippen LogP contribution in [0.5, 0.6) is 0 Å². The van der Waals surface area contributed by atoms with Gasteiger partial charge in [-0.15, -0.1) is 0 Å². The van der Waals surface area contributed by atoms with Gasteiger partial charge in [-0.3, -0.25) is 11.3 Å². The lowest BCUT2D eigenvalue weighted by molar-refractivity contribution is 0.0390. The second-order valence-electron chi connectivity index (χ2n) is 4.60. The molecule has 1 fully saturated rings. The van der Waals surface area contributed by atoms with Crippen molar-refractivity contribution < 1.29 is 4.74 Å². The summed E-state index contributed by atoms with van der Waals surface area (Å²) >= 11 is 6.35. The molecule has 1 saturated heterocycles. The van der Waals surface area contributed by atoms with E-state index < -0.39 is 0 Å². The van der Waals surface area contributed by atoms with Gasteiger partial charge >= 0.3 is 0 Å². The van der Waals surface area contributed by atoms with Gasteiger partial charge in [-0.05, 0) is 30.9 Å². The van der Waals surface area contributed by atoms with Crippen LogP contribution in [0.1, 0.15) is 30.0 Å². The van der Waals surface area contributed by atoms with E-state index in [9.17, 15) is 0 Å². The normalized spacial score (nSPS) is 22.4. The van der Waals surface area contributed by atoms with Crippen LogP contribution in [0.3, 0.4) is 0 Å². The molecule has 94 valence electrons. The molecule has 2 atom stereocenters. The van der Waals surface area contributed by atoms with Gasteiger partial charge in [0.05, 0.1) is 12.6 Å². The number of nitrogens with two attached hydrogens (primary N) is 1. The Bertz CT molecular complexity index is 378. The monoisotopic (exact) mass is 254 g/mol. The lowest BCUT2D eigenvalue weighted by Crippen LogP contribution is -2.37. The third-order valence-corrected chi connectivity index (χ3v) is 3.92. The Labute approximate surface area is 107 Å². The van der Waals surface area contributed by atoms with Crippen molar-refractivity contribution in [2.24, 2.45) is 11.8 Å². The first-order chi connectivity index (χ1) is 8.24. The van der Waals surface area contributed by atoms with Gasteiger partial charge in [-0.25, -0.2) is 0 Å². The fourth-order valence-corrected chi connectivity index (χ4v) is 2.66. The highest BCUT2D eigenvalue weighted by Gasteiger charge is 2.26. The highest BCUT2D eigenvalue weighted by molar-refractivity contribution is 6.32. The smallest absolute Gasteiger partial charge is 0.0524 e. The predicted octanol–water partition coefficient (Wildman–Crippen LogP) is 2.58. The summed E-state index contributed by atoms with van der Waals surface area (Å²) in [6, 6.07) is 6.14. The van der Waals surface area contributed by atoms with Crippen molar-refractivity contribution in [2.75, 3.05) is 13.2 Å². The number of hydrogen-bond acceptors (Lipinski definition) is 3. The topological polar surface area (TPSA) is 47.3 Å². The van der Waals surface area contributed by atoms with E-state index in [0.717, 1.165) is 42.2 Å². The van der Waals surface area contributed by atoms with Crippen LogP contribution in [0.2, 0.25) is 5.02 Å². The maximum absolute atomic E-state index is 6.35. The maximum Gasteiger partial charge on any atom is 0.0524 e. The molecule has 0 aromatic heterocycles. The molecule has 1 aromatic carbocycles. The molecule has 2 rings (SSSR count). The van der Waals surface area contributed by atoms with Gasteiger partial charge in [0.1, 0.15) is 0 Å². The van der Waals surface area contributed by atoms with Crippen LogP contribution in [0, 0.1) is 12.8 Å². The van der Waals surface area contributed by atoms with Gasteiger partial charge in [-0.2, -0.15) is 0 Å². The molecule has 1 heterocycles. The standard InChI is InChI=1S/C13H19ClN2O/c1-9-4-2-6-11(12(9)14)13(16-15)10-5-3-7-17-8-10/h2,4,6,10,13,16H,3,5,7-8,15H2,1H3. The molecule has 17 heavy (non-hydrogen) atoms. The largest absolute Gasteiger partial charge is 0.381 e. The molecular formula is C13H19ClN2O. The maximum atomic E-state index is 6.35. The van der Waals surface area contributed by atoms with Gasteiger partial charge < -0.3 is 4.74 Å². The van der Waals surface area contributed by atoms with E-state index in [1.54, 1.807) is 0 Å². The fourth-order valence-electron chi connectivity index (χ4n) is 2.42. The van der Waals surface area contributed by atoms with Crippen molar-refractivity contribution in [1.82, 2.24) is 5.43 Å². The van der Waals surface area contributed by atoms with Crippen molar-refractivity contribution in [3.05, 3.63) is 34.3 Å². The van der Waals surface area contributed by atoms with Crippen molar-refractivity contribution in [3.63, 3.8) is 0 Å². The molecule has 1 aliphatic heterocycles. The van der Waals surface area contributed by atoms with Crippen molar-refractivity contribution in [2.45, 2.75) is 25.8 Å². The number of benzene rings is 1. The second kappa shape index (κ2) is 5.83. The van der Waals surface area contributed by atoms with E-state index in [2.05, 4.69) is 5.43 Å². The van der Waals surface area contributed by atoms with Crippen LogP contribution < -0.4 is 11.3 Å². The summed E-state index contributed by atoms with van der Waals surface area (Å²) in [4.78, 5) is 0. The van der Waals surface area contributed by atoms with Gasteiger partial charge in [0, 0.05) is 17.5 Å². The zero-order valence-corrected chi connectivity index (χ0v) is 10.8. The molecule has 3 N–H and O–H groups in total. The number of halogens is 1. The van der Waals surface area contributed by atoms with Crippen LogP contribution in [-0.4, -0.2) is 13.2 Å². The number of hydrazine groups is 1. The SMILES string of the molecule is Cc1cccc(C(NN)C2CCCOC2)c1Cl. The summed E-state index contributed by atoms with van der Waals surface area (Å²) in [5, 5.41) is 0.807. The molecule has 0 bridgehead atoms. The number of aryl methyl sites for hydroxylation is 1. The summed E-state index contributed by atoms with van der Waals surface area (Å²) in [6.45, 7) is 3.62. The molecule has 0 saturated carbocycles. The quantitative estimate of drug-likeness (QED) is 0.644. The van der Waals surface area contributed by atoms with Crippen LogP contribution in [0.4, 0.5) is 0 Å². The Hall–Kier alpha value is -0.610. The van der Waals surface area contributed by atoms with Gasteiger partial charge in [0.2, 0.25) is 0 Å². The lowest BCUT2D eigenvalue weighted by Gasteiger charge is -2.30. The van der Waals surface area contributed by atoms with Gasteiger partial charge in [-0.1, -0.05) is 29.8 Å². The molecule has 0 radical (unpaired) electrons. The Morgan fingerprint density at radius 2 is 2.35 bits per heavy atom. The Morgan fingerprint density at radius 1 is 1.53 bits per heavy atom. The Kier molecular flexibility index (Phi) is 4.40. The molecule has 4 heteroatoms. The average molecular weight is 255 g/mol. The summed E-state index contributed by atoms with van der Waals surface area (Å²) < 4.78 is 5.52. The minimum atomic E-state index is 0.0719. The summed E-state index contributed by atoms with van der Waals surface area (Å²) in [5.74, 6) is 6.09. The first-order valence-corrected chi connectivity index (χ1v) is 6.40. The summed E-state index contributed by atoms with van der Waals surface area (Å²) in [7, 11) is 0. The molecule has 0 spiro atoms. The van der Waals surface area contributed by atoms with Gasteiger partial charge in [0.25, 0.3) is 0 Å². The van der Waals surface area contributed by atoms with E-state index in [0.29, 0.717) is 5.92 Å². The minimum Gasteiger partial charge on any atom is -0.381 e. The van der Waals surface area contributed by atoms with Crippen molar-refractivity contribution in [3.8, 4) is 0 Å². The molecule has 1 aliphatic rings. The zero-order valence-electron chi connectivity index (χ0n) is 10.1. The minimum absolute atomic E-state index is 0.0719. The summed E-state index contributed by atoms with van der Waals surface area (Å²) in [6.07, 6.45) is 2.21. The third kappa shape index (κ3) is 2.80. The molecular weight excluding hydrogens is 236 g/mol. The van der Waals surface area contributed by atoms with E-state index in [1.807, 2.05) is 25.1 Å².